The van der Waals surface area contributed by atoms with Crippen molar-refractivity contribution < 1.29 is 4.39 Å². The van der Waals surface area contributed by atoms with Gasteiger partial charge in [0.05, 0.1) is 5.39 Å². The first-order valence-corrected chi connectivity index (χ1v) is 9.97. The Bertz CT molecular complexity index is 1140. The lowest BCUT2D eigenvalue weighted by Gasteiger charge is -2.30. The smallest absolute Gasteiger partial charge is 0.225 e. The molecule has 0 saturated heterocycles. The first-order valence-electron chi connectivity index (χ1n) is 8.71. The lowest BCUT2D eigenvalue weighted by Crippen LogP contribution is -2.31. The molecular weight excluding hydrogens is 381 g/mol. The quantitative estimate of drug-likeness (QED) is 0.407. The lowest BCUT2D eigenvalue weighted by atomic mass is 9.99. The van der Waals surface area contributed by atoms with Crippen LogP contribution in [0.4, 0.5) is 10.2 Å². The Balaban J connectivity index is 1.66. The van der Waals surface area contributed by atoms with Gasteiger partial charge in [-0.05, 0) is 46.8 Å². The van der Waals surface area contributed by atoms with Gasteiger partial charge in [-0.25, -0.2) is 9.37 Å². The molecule has 0 bridgehead atoms. The largest absolute Gasteiger partial charge is 0.351 e. The van der Waals surface area contributed by atoms with Crippen molar-refractivity contribution in [2.45, 2.75) is 13.0 Å². The molecule has 4 aromatic rings. The van der Waals surface area contributed by atoms with Crippen LogP contribution >= 0.6 is 22.9 Å². The number of hydrogen-bond acceptors (Lipinski definition) is 4. The Hall–Kier alpha value is -2.50. The van der Waals surface area contributed by atoms with Crippen molar-refractivity contribution in [3.8, 4) is 11.1 Å². The Labute approximate surface area is 165 Å². The van der Waals surface area contributed by atoms with Gasteiger partial charge >= 0.3 is 0 Å². The fourth-order valence-corrected chi connectivity index (χ4v) is 4.80. The number of nitrogens with zero attached hydrogens (tertiary/aromatic N) is 3. The normalized spacial score (nSPS) is 13.8. The molecule has 134 valence electrons. The van der Waals surface area contributed by atoms with Crippen molar-refractivity contribution in [1.82, 2.24) is 9.97 Å². The fourth-order valence-electron chi connectivity index (χ4n) is 3.65. The average Bonchev–Trinajstić information content (AvgIpc) is 3.11. The monoisotopic (exact) mass is 395 g/mol. The number of fused-ring (bicyclic) bond motifs is 2. The van der Waals surface area contributed by atoms with Crippen molar-refractivity contribution in [3.63, 3.8) is 0 Å². The van der Waals surface area contributed by atoms with Crippen LogP contribution in [-0.2, 0) is 13.0 Å². The summed E-state index contributed by atoms with van der Waals surface area (Å²) in [5.74, 6) is 0.602. The summed E-state index contributed by atoms with van der Waals surface area (Å²) in [7, 11) is 0. The summed E-state index contributed by atoms with van der Waals surface area (Å²) in [6.07, 6.45) is 0.968. The van der Waals surface area contributed by atoms with Gasteiger partial charge in [-0.1, -0.05) is 36.4 Å². The van der Waals surface area contributed by atoms with E-state index in [9.17, 15) is 4.39 Å². The van der Waals surface area contributed by atoms with Crippen LogP contribution in [0.15, 0.2) is 53.9 Å². The van der Waals surface area contributed by atoms with E-state index in [1.165, 1.54) is 34.6 Å². The molecule has 3 nitrogen and oxygen atoms in total. The second-order valence-electron chi connectivity index (χ2n) is 6.59. The van der Waals surface area contributed by atoms with Crippen LogP contribution in [0.3, 0.4) is 0 Å². The second-order valence-corrected chi connectivity index (χ2v) is 7.79. The number of halogens is 2. The number of hydrogen-bond donors (Lipinski definition) is 0. The predicted octanol–water partition coefficient (Wildman–Crippen LogP) is 5.71. The van der Waals surface area contributed by atoms with Crippen LogP contribution in [-0.4, -0.2) is 16.5 Å². The van der Waals surface area contributed by atoms with E-state index in [-0.39, 0.29) is 11.1 Å². The molecule has 0 radical (unpaired) electrons. The zero-order chi connectivity index (χ0) is 18.4. The Morgan fingerprint density at radius 3 is 2.59 bits per heavy atom. The molecular formula is C21H15ClFN3S. The van der Waals surface area contributed by atoms with Gasteiger partial charge in [-0.3, -0.25) is 0 Å². The van der Waals surface area contributed by atoms with Gasteiger partial charge in [-0.15, -0.1) is 11.3 Å². The number of thiophene rings is 1. The van der Waals surface area contributed by atoms with Crippen LogP contribution in [0.1, 0.15) is 11.1 Å². The average molecular weight is 396 g/mol. The molecule has 2 aromatic heterocycles. The Morgan fingerprint density at radius 1 is 1.00 bits per heavy atom. The molecule has 1 aliphatic heterocycles. The molecule has 3 heterocycles. The lowest BCUT2D eigenvalue weighted by molar-refractivity contribution is 0.628. The first-order chi connectivity index (χ1) is 13.2. The van der Waals surface area contributed by atoms with Crippen LogP contribution < -0.4 is 4.90 Å². The third-order valence-electron chi connectivity index (χ3n) is 4.97. The predicted molar refractivity (Wildman–Crippen MR) is 109 cm³/mol. The number of aromatic nitrogens is 2. The maximum absolute atomic E-state index is 13.4. The molecule has 0 spiro atoms. The van der Waals surface area contributed by atoms with E-state index >= 15 is 0 Å². The minimum atomic E-state index is -0.245. The molecule has 1 aliphatic rings. The van der Waals surface area contributed by atoms with E-state index in [1.807, 2.05) is 5.38 Å². The highest BCUT2D eigenvalue weighted by atomic mass is 35.5. The standard InChI is InChI=1S/C21H15ClFN3S/c22-21-24-19(26-10-9-13-3-1-2-4-15(13)11-26)18-17(12-27-20(18)25-21)14-5-7-16(23)8-6-14/h1-8,12H,9-11H2. The number of benzene rings is 2. The van der Waals surface area contributed by atoms with Crippen LogP contribution in [0, 0.1) is 5.82 Å². The van der Waals surface area contributed by atoms with Gasteiger partial charge < -0.3 is 4.90 Å². The molecule has 0 fully saturated rings. The zero-order valence-corrected chi connectivity index (χ0v) is 15.9. The van der Waals surface area contributed by atoms with Gasteiger partial charge in [0.1, 0.15) is 16.5 Å². The Morgan fingerprint density at radius 2 is 1.78 bits per heavy atom. The van der Waals surface area contributed by atoms with Crippen molar-refractivity contribution in [2.24, 2.45) is 0 Å². The third-order valence-corrected chi connectivity index (χ3v) is 6.01. The van der Waals surface area contributed by atoms with Gasteiger partial charge in [0, 0.05) is 24.0 Å². The zero-order valence-electron chi connectivity index (χ0n) is 14.3. The van der Waals surface area contributed by atoms with Gasteiger partial charge in [0.25, 0.3) is 0 Å². The molecule has 0 saturated carbocycles. The minimum absolute atomic E-state index is 0.245. The third kappa shape index (κ3) is 2.97. The summed E-state index contributed by atoms with van der Waals surface area (Å²) in [6, 6.07) is 15.0. The van der Waals surface area contributed by atoms with Gasteiger partial charge in [0.15, 0.2) is 0 Å². The summed E-state index contributed by atoms with van der Waals surface area (Å²) in [5.41, 5.74) is 4.66. The van der Waals surface area contributed by atoms with E-state index in [4.69, 9.17) is 11.6 Å². The SMILES string of the molecule is Fc1ccc(-c2csc3nc(Cl)nc(N4CCc5ccccc5C4)c23)cc1. The van der Waals surface area contributed by atoms with E-state index < -0.39 is 0 Å². The second kappa shape index (κ2) is 6.59. The number of anilines is 1. The highest BCUT2D eigenvalue weighted by Crippen LogP contribution is 2.40. The molecule has 0 unspecified atom stereocenters. The molecule has 5 rings (SSSR count). The maximum atomic E-state index is 13.4. The Kier molecular flexibility index (Phi) is 4.06. The topological polar surface area (TPSA) is 29.0 Å². The summed E-state index contributed by atoms with van der Waals surface area (Å²) in [6.45, 7) is 1.66. The van der Waals surface area contributed by atoms with Gasteiger partial charge in [-0.2, -0.15) is 4.98 Å². The summed E-state index contributed by atoms with van der Waals surface area (Å²) < 4.78 is 13.4. The summed E-state index contributed by atoms with van der Waals surface area (Å²) >= 11 is 7.76. The molecule has 27 heavy (non-hydrogen) atoms. The van der Waals surface area contributed by atoms with Crippen LogP contribution in [0.25, 0.3) is 21.3 Å². The molecule has 0 atom stereocenters. The highest BCUT2D eigenvalue weighted by Gasteiger charge is 2.23. The van der Waals surface area contributed by atoms with E-state index in [0.29, 0.717) is 0 Å². The van der Waals surface area contributed by atoms with E-state index in [0.717, 1.165) is 46.7 Å². The minimum Gasteiger partial charge on any atom is -0.351 e. The first kappa shape index (κ1) is 16.7. The fraction of sp³-hybridized carbons (Fsp3) is 0.143. The van der Waals surface area contributed by atoms with Crippen molar-refractivity contribution in [2.75, 3.05) is 11.4 Å². The molecule has 0 amide bonds. The van der Waals surface area contributed by atoms with E-state index in [1.54, 1.807) is 12.1 Å². The molecule has 6 heteroatoms. The molecule has 0 aliphatic carbocycles. The number of rotatable bonds is 2. The highest BCUT2D eigenvalue weighted by molar-refractivity contribution is 7.17. The van der Waals surface area contributed by atoms with Crippen molar-refractivity contribution in [1.29, 1.82) is 0 Å². The maximum Gasteiger partial charge on any atom is 0.225 e. The van der Waals surface area contributed by atoms with Crippen LogP contribution in [0.2, 0.25) is 5.28 Å². The van der Waals surface area contributed by atoms with Gasteiger partial charge in [0.2, 0.25) is 5.28 Å². The van der Waals surface area contributed by atoms with Crippen molar-refractivity contribution in [3.05, 3.63) is 76.1 Å². The van der Waals surface area contributed by atoms with Crippen molar-refractivity contribution >= 4 is 39.0 Å². The van der Waals surface area contributed by atoms with E-state index in [2.05, 4.69) is 39.1 Å². The summed E-state index contributed by atoms with van der Waals surface area (Å²) in [5, 5.41) is 3.28. The van der Waals surface area contributed by atoms with Crippen LogP contribution in [0.5, 0.6) is 0 Å². The molecule has 0 N–H and O–H groups in total. The summed E-state index contributed by atoms with van der Waals surface area (Å²) in [4.78, 5) is 12.1. The molecule has 2 aromatic carbocycles.